The van der Waals surface area contributed by atoms with Crippen molar-refractivity contribution in [1.29, 1.82) is 0 Å². The number of aromatic hydroxyl groups is 2. The van der Waals surface area contributed by atoms with Crippen molar-refractivity contribution in [2.24, 2.45) is 0 Å². The van der Waals surface area contributed by atoms with Crippen molar-refractivity contribution in [1.82, 2.24) is 0 Å². The van der Waals surface area contributed by atoms with Gasteiger partial charge in [0.25, 0.3) is 0 Å². The zero-order valence-electron chi connectivity index (χ0n) is 23.3. The minimum absolute atomic E-state index is 0.0649. The van der Waals surface area contributed by atoms with Crippen LogP contribution in [0.5, 0.6) is 17.2 Å². The second-order valence-electron chi connectivity index (χ2n) is 10.2. The summed E-state index contributed by atoms with van der Waals surface area (Å²) < 4.78 is 32.1. The van der Waals surface area contributed by atoms with E-state index >= 15 is 0 Å². The van der Waals surface area contributed by atoms with Crippen LogP contribution in [0.3, 0.4) is 0 Å². The summed E-state index contributed by atoms with van der Waals surface area (Å²) in [5.74, 6) is -0.551. The Morgan fingerprint density at radius 1 is 1.00 bits per heavy atom. The quantitative estimate of drug-likeness (QED) is 0.116. The van der Waals surface area contributed by atoms with Gasteiger partial charge in [-0.05, 0) is 47.9 Å². The Kier molecular flexibility index (Phi) is 10.9. The second kappa shape index (κ2) is 14.4. The third-order valence-electron chi connectivity index (χ3n) is 7.09. The SMILES string of the molecule is COc1cc(C=CC(=O)OCC2(O)COC(OCC3OC(OCCc4ccc(O)cc4)C(O)C(O)C3O)C2O)ccc1O. The molecular weight excluding hydrogens is 572 g/mol. The number of aliphatic hydroxyl groups excluding tert-OH is 4. The Bertz CT molecular complexity index is 1240. The molecule has 0 saturated carbocycles. The number of aliphatic hydroxyl groups is 5. The standard InChI is InChI=1S/C29H36O14/c1-38-20-12-17(4-8-19(20)31)5-9-22(32)41-14-29(37)15-42-28(26(29)36)40-13-21-23(33)24(34)25(35)27(43-21)39-11-10-16-2-6-18(30)7-3-16/h2-9,12,21,23-28,30-31,33-37H,10-11,13-15H2,1H3. The van der Waals surface area contributed by atoms with Gasteiger partial charge in [0.05, 0.1) is 26.9 Å². The Morgan fingerprint density at radius 2 is 1.74 bits per heavy atom. The van der Waals surface area contributed by atoms with Gasteiger partial charge in [-0.3, -0.25) is 0 Å². The fraction of sp³-hybridized carbons (Fsp3) is 0.483. The molecule has 2 aromatic rings. The van der Waals surface area contributed by atoms with Crippen LogP contribution in [-0.4, -0.2) is 124 Å². The molecule has 0 radical (unpaired) electrons. The molecule has 2 saturated heterocycles. The van der Waals surface area contributed by atoms with Crippen LogP contribution < -0.4 is 4.74 Å². The minimum atomic E-state index is -2.00. The summed E-state index contributed by atoms with van der Waals surface area (Å²) in [7, 11) is 1.38. The molecule has 2 aliphatic rings. The number of phenolic OH excluding ortho intramolecular Hbond substituents is 2. The van der Waals surface area contributed by atoms with Crippen LogP contribution in [0.4, 0.5) is 0 Å². The van der Waals surface area contributed by atoms with E-state index < -0.39 is 74.5 Å². The summed E-state index contributed by atoms with van der Waals surface area (Å²) >= 11 is 0. The Balaban J connectivity index is 1.24. The number of carbonyl (C=O) groups is 1. The van der Waals surface area contributed by atoms with Crippen molar-refractivity contribution in [3.63, 3.8) is 0 Å². The molecular formula is C29H36O14. The van der Waals surface area contributed by atoms with E-state index in [-0.39, 0.29) is 23.9 Å². The number of esters is 1. The predicted octanol–water partition coefficient (Wildman–Crippen LogP) is -0.805. The largest absolute Gasteiger partial charge is 0.508 e. The molecule has 2 aromatic carbocycles. The summed E-state index contributed by atoms with van der Waals surface area (Å²) in [6.45, 7) is -1.39. The molecule has 8 unspecified atom stereocenters. The van der Waals surface area contributed by atoms with Gasteiger partial charge >= 0.3 is 5.97 Å². The summed E-state index contributed by atoms with van der Waals surface area (Å²) in [6, 6.07) is 10.9. The maximum atomic E-state index is 12.2. The first-order valence-electron chi connectivity index (χ1n) is 13.5. The first-order valence-corrected chi connectivity index (χ1v) is 13.5. The molecule has 14 heteroatoms. The molecule has 14 nitrogen and oxygen atoms in total. The van der Waals surface area contributed by atoms with E-state index in [1.54, 1.807) is 18.2 Å². The van der Waals surface area contributed by atoms with Crippen molar-refractivity contribution in [3.05, 3.63) is 59.7 Å². The van der Waals surface area contributed by atoms with Gasteiger partial charge in [0, 0.05) is 6.08 Å². The molecule has 4 rings (SSSR count). The third-order valence-corrected chi connectivity index (χ3v) is 7.09. The third kappa shape index (κ3) is 8.20. The van der Waals surface area contributed by atoms with Crippen LogP contribution in [0, 0.1) is 0 Å². The highest BCUT2D eigenvalue weighted by molar-refractivity contribution is 5.87. The Hall–Kier alpha value is -3.31. The Morgan fingerprint density at radius 3 is 2.47 bits per heavy atom. The average Bonchev–Trinajstić information content (AvgIpc) is 3.29. The lowest BCUT2D eigenvalue weighted by molar-refractivity contribution is -0.309. The number of rotatable bonds is 12. The fourth-order valence-corrected chi connectivity index (χ4v) is 4.47. The number of ether oxygens (including phenoxy) is 6. The van der Waals surface area contributed by atoms with E-state index in [9.17, 15) is 40.5 Å². The van der Waals surface area contributed by atoms with Crippen molar-refractivity contribution < 1.29 is 69.0 Å². The molecule has 2 fully saturated rings. The van der Waals surface area contributed by atoms with Gasteiger partial charge in [0.2, 0.25) is 0 Å². The van der Waals surface area contributed by atoms with E-state index in [2.05, 4.69) is 0 Å². The summed E-state index contributed by atoms with van der Waals surface area (Å²) in [4.78, 5) is 12.2. The minimum Gasteiger partial charge on any atom is -0.508 e. The molecule has 0 amide bonds. The number of carbonyl (C=O) groups excluding carboxylic acids is 1. The number of methoxy groups -OCH3 is 1. The van der Waals surface area contributed by atoms with Crippen LogP contribution in [0.2, 0.25) is 0 Å². The predicted molar refractivity (Wildman–Crippen MR) is 146 cm³/mol. The van der Waals surface area contributed by atoms with Crippen LogP contribution in [0.25, 0.3) is 6.08 Å². The topological polar surface area (TPSA) is 214 Å². The summed E-state index contributed by atoms with van der Waals surface area (Å²) in [5.41, 5.74) is -0.613. The normalized spacial score (nSPS) is 30.9. The smallest absolute Gasteiger partial charge is 0.330 e. The zero-order valence-corrected chi connectivity index (χ0v) is 23.3. The van der Waals surface area contributed by atoms with Gasteiger partial charge in [0.1, 0.15) is 42.9 Å². The molecule has 0 aliphatic carbocycles. The molecule has 0 aromatic heterocycles. The average molecular weight is 609 g/mol. The highest BCUT2D eigenvalue weighted by Gasteiger charge is 2.51. The molecule has 236 valence electrons. The summed E-state index contributed by atoms with van der Waals surface area (Å²) in [5, 5.41) is 71.4. The lowest BCUT2D eigenvalue weighted by Crippen LogP contribution is -2.59. The van der Waals surface area contributed by atoms with Crippen LogP contribution in [-0.2, 0) is 34.9 Å². The lowest BCUT2D eigenvalue weighted by Gasteiger charge is -2.40. The van der Waals surface area contributed by atoms with Gasteiger partial charge in [-0.15, -0.1) is 0 Å². The monoisotopic (exact) mass is 608 g/mol. The number of benzene rings is 2. The Labute approximate surface area is 246 Å². The van der Waals surface area contributed by atoms with Crippen molar-refractivity contribution >= 4 is 12.0 Å². The molecule has 43 heavy (non-hydrogen) atoms. The number of phenols is 2. The maximum absolute atomic E-state index is 12.2. The van der Waals surface area contributed by atoms with Gasteiger partial charge in [0.15, 0.2) is 29.7 Å². The molecule has 0 spiro atoms. The molecule has 2 heterocycles. The highest BCUT2D eigenvalue weighted by Crippen LogP contribution is 2.29. The first kappa shape index (κ1) is 32.6. The van der Waals surface area contributed by atoms with Crippen molar-refractivity contribution in [3.8, 4) is 17.2 Å². The second-order valence-corrected chi connectivity index (χ2v) is 10.2. The van der Waals surface area contributed by atoms with E-state index in [0.717, 1.165) is 11.6 Å². The highest BCUT2D eigenvalue weighted by atomic mass is 16.7. The number of hydrogen-bond donors (Lipinski definition) is 7. The summed E-state index contributed by atoms with van der Waals surface area (Å²) in [6.07, 6.45) is -7.36. The van der Waals surface area contributed by atoms with Gasteiger partial charge in [-0.25, -0.2) is 4.79 Å². The van der Waals surface area contributed by atoms with Gasteiger partial charge < -0.3 is 64.2 Å². The number of hydrogen-bond acceptors (Lipinski definition) is 14. The fourth-order valence-electron chi connectivity index (χ4n) is 4.47. The molecule has 2 aliphatic heterocycles. The van der Waals surface area contributed by atoms with E-state index in [0.29, 0.717) is 12.0 Å². The van der Waals surface area contributed by atoms with Crippen LogP contribution in [0.15, 0.2) is 48.5 Å². The van der Waals surface area contributed by atoms with E-state index in [1.165, 1.54) is 37.5 Å². The van der Waals surface area contributed by atoms with Gasteiger partial charge in [-0.2, -0.15) is 0 Å². The van der Waals surface area contributed by atoms with Crippen LogP contribution in [0.1, 0.15) is 11.1 Å². The molecule has 7 N–H and O–H groups in total. The van der Waals surface area contributed by atoms with E-state index in [1.807, 2.05) is 0 Å². The molecule has 8 atom stereocenters. The van der Waals surface area contributed by atoms with Crippen molar-refractivity contribution in [2.75, 3.05) is 33.5 Å². The van der Waals surface area contributed by atoms with Gasteiger partial charge in [-0.1, -0.05) is 18.2 Å². The van der Waals surface area contributed by atoms with Crippen molar-refractivity contribution in [2.45, 2.75) is 55.1 Å². The lowest BCUT2D eigenvalue weighted by atomic mass is 9.99. The molecule has 0 bridgehead atoms. The van der Waals surface area contributed by atoms with Crippen LogP contribution >= 0.6 is 0 Å². The maximum Gasteiger partial charge on any atom is 0.330 e. The van der Waals surface area contributed by atoms with E-state index in [4.69, 9.17) is 28.4 Å². The zero-order chi connectivity index (χ0) is 31.1. The first-order chi connectivity index (χ1) is 20.5.